The van der Waals surface area contributed by atoms with Crippen molar-refractivity contribution < 1.29 is 28.5 Å². The first-order valence-corrected chi connectivity index (χ1v) is 20.3. The Kier molecular flexibility index (Phi) is 10.4. The normalized spacial score (nSPS) is 20.8. The molecular formula is C39H43N11O7S. The van der Waals surface area contributed by atoms with Gasteiger partial charge in [0.2, 0.25) is 21.9 Å². The molecule has 0 bridgehead atoms. The quantitative estimate of drug-likeness (QED) is 0.0940. The lowest BCUT2D eigenvalue weighted by atomic mass is 9.91. The lowest BCUT2D eigenvalue weighted by Gasteiger charge is -2.22. The van der Waals surface area contributed by atoms with Crippen LogP contribution in [0.15, 0.2) is 101 Å². The number of rotatable bonds is 11. The van der Waals surface area contributed by atoms with Crippen molar-refractivity contribution in [2.24, 2.45) is 5.14 Å². The standard InChI is InChI=1S/C39H43N11O7S/c1-22-36(53)50(39(55)43-22)30-18-29(32(51)33(30)52)49-21-42-31-34(41-19-28(23-8-4-2-5-9-23)24-10-6-3-7-11-24)46-37(47-35(31)49)48-17-16-26(20-48)45-38(54)44-25-12-14-27(15-13-25)58(40,56)57/h2-15,21,26,28-30,32-33,51-53H,16-20H2,1H3,(H,43,55)(H2,40,56,57)(H,41,46,47)(H2,44,45,54)/t26-,29-,30+,32+,33-/m1/s1. The number of aromatic hydroxyl groups is 1. The number of imidazole rings is 2. The molecule has 5 atom stereocenters. The van der Waals surface area contributed by atoms with E-state index in [4.69, 9.17) is 20.1 Å². The van der Waals surface area contributed by atoms with Gasteiger partial charge in [0.1, 0.15) is 12.2 Å². The summed E-state index contributed by atoms with van der Waals surface area (Å²) >= 11 is 0. The minimum atomic E-state index is -3.88. The van der Waals surface area contributed by atoms with Crippen molar-refractivity contribution >= 4 is 44.7 Å². The molecule has 1 saturated heterocycles. The maximum absolute atomic E-state index is 13.0. The minimum Gasteiger partial charge on any atom is -0.493 e. The second-order valence-electron chi connectivity index (χ2n) is 14.7. The number of nitrogens with zero attached hydrogens (tertiary/aromatic N) is 6. The monoisotopic (exact) mass is 809 g/mol. The van der Waals surface area contributed by atoms with Gasteiger partial charge in [-0.25, -0.2) is 28.1 Å². The molecule has 8 rings (SSSR count). The van der Waals surface area contributed by atoms with Gasteiger partial charge in [-0.3, -0.25) is 4.57 Å². The molecule has 1 saturated carbocycles. The van der Waals surface area contributed by atoms with E-state index in [0.29, 0.717) is 54.7 Å². The second kappa shape index (κ2) is 15.6. The molecule has 2 fully saturated rings. The molecule has 302 valence electrons. The molecule has 4 heterocycles. The number of urea groups is 1. The average molecular weight is 810 g/mol. The highest BCUT2D eigenvalue weighted by molar-refractivity contribution is 7.89. The van der Waals surface area contributed by atoms with E-state index in [9.17, 15) is 33.3 Å². The Labute approximate surface area is 332 Å². The van der Waals surface area contributed by atoms with Crippen molar-refractivity contribution in [3.05, 3.63) is 119 Å². The summed E-state index contributed by atoms with van der Waals surface area (Å²) in [6.07, 6.45) is -0.549. The van der Waals surface area contributed by atoms with Crippen LogP contribution in [0.1, 0.15) is 47.7 Å². The molecule has 3 aromatic heterocycles. The van der Waals surface area contributed by atoms with E-state index in [0.717, 1.165) is 15.7 Å². The van der Waals surface area contributed by atoms with E-state index in [2.05, 4.69) is 45.2 Å². The molecule has 9 N–H and O–H groups in total. The number of carbonyl (C=O) groups is 1. The molecule has 1 aliphatic heterocycles. The number of amides is 2. The number of nitrogens with two attached hydrogens (primary N) is 1. The van der Waals surface area contributed by atoms with Gasteiger partial charge in [-0.05, 0) is 55.2 Å². The number of aromatic amines is 1. The van der Waals surface area contributed by atoms with Crippen molar-refractivity contribution in [3.63, 3.8) is 0 Å². The zero-order valence-corrected chi connectivity index (χ0v) is 32.1. The number of fused-ring (bicyclic) bond motifs is 1. The third-order valence-corrected chi connectivity index (χ3v) is 11.9. The van der Waals surface area contributed by atoms with Gasteiger partial charge >= 0.3 is 11.7 Å². The SMILES string of the molecule is Cc1[nH]c(=O)n([C@H]2C[C@@H](n3cnc4c(NCC(c5ccccc5)c5ccccc5)nc(N5CC[C@@H](NC(=O)Nc6ccc(S(N)(=O)=O)cc6)C5)nc43)[C@H](O)[C@@H]2O)c1O. The predicted octanol–water partition coefficient (Wildman–Crippen LogP) is 2.53. The highest BCUT2D eigenvalue weighted by Gasteiger charge is 2.46. The Bertz CT molecular complexity index is 2560. The number of sulfonamides is 1. The summed E-state index contributed by atoms with van der Waals surface area (Å²) in [5.74, 6) is 0.407. The van der Waals surface area contributed by atoms with Crippen molar-refractivity contribution in [3.8, 4) is 5.88 Å². The van der Waals surface area contributed by atoms with Gasteiger partial charge in [-0.1, -0.05) is 60.7 Å². The third-order valence-electron chi connectivity index (χ3n) is 10.9. The van der Waals surface area contributed by atoms with Crippen molar-refractivity contribution in [2.75, 3.05) is 35.2 Å². The number of aliphatic hydroxyl groups is 2. The summed E-state index contributed by atoms with van der Waals surface area (Å²) < 4.78 is 26.0. The topological polar surface area (TPSA) is 259 Å². The Morgan fingerprint density at radius 3 is 2.24 bits per heavy atom. The number of benzene rings is 3. The number of aromatic nitrogens is 6. The Hall–Kier alpha value is -6.28. The van der Waals surface area contributed by atoms with E-state index in [-0.39, 0.29) is 34.8 Å². The fourth-order valence-electron chi connectivity index (χ4n) is 7.93. The van der Waals surface area contributed by atoms with Crippen LogP contribution in [0, 0.1) is 6.92 Å². The van der Waals surface area contributed by atoms with Gasteiger partial charge < -0.3 is 45.7 Å². The van der Waals surface area contributed by atoms with E-state index in [1.165, 1.54) is 30.6 Å². The molecule has 0 radical (unpaired) electrons. The fraction of sp³-hybridized carbons (Fsp3) is 0.308. The van der Waals surface area contributed by atoms with Crippen molar-refractivity contribution in [2.45, 2.75) is 60.9 Å². The highest BCUT2D eigenvalue weighted by atomic mass is 32.2. The van der Waals surface area contributed by atoms with Crippen molar-refractivity contribution in [1.82, 2.24) is 34.4 Å². The Morgan fingerprint density at radius 1 is 0.966 bits per heavy atom. The fourth-order valence-corrected chi connectivity index (χ4v) is 8.44. The molecule has 19 heteroatoms. The van der Waals surface area contributed by atoms with Crippen LogP contribution in [0.4, 0.5) is 22.2 Å². The van der Waals surface area contributed by atoms with Crippen LogP contribution >= 0.6 is 0 Å². The van der Waals surface area contributed by atoms with Crippen LogP contribution in [-0.4, -0.2) is 96.7 Å². The van der Waals surface area contributed by atoms with Gasteiger partial charge in [0.05, 0.1) is 29.0 Å². The van der Waals surface area contributed by atoms with Crippen molar-refractivity contribution in [1.29, 1.82) is 0 Å². The number of hydrogen-bond donors (Lipinski definition) is 8. The predicted molar refractivity (Wildman–Crippen MR) is 215 cm³/mol. The lowest BCUT2D eigenvalue weighted by molar-refractivity contribution is 0.00761. The molecule has 6 aromatic rings. The first-order chi connectivity index (χ1) is 27.9. The summed E-state index contributed by atoms with van der Waals surface area (Å²) in [4.78, 5) is 44.7. The summed E-state index contributed by atoms with van der Waals surface area (Å²) in [7, 11) is -3.88. The van der Waals surface area contributed by atoms with E-state index >= 15 is 0 Å². The Balaban J connectivity index is 1.09. The van der Waals surface area contributed by atoms with E-state index in [1.54, 1.807) is 11.5 Å². The number of nitrogens with one attached hydrogen (secondary N) is 4. The summed E-state index contributed by atoms with van der Waals surface area (Å²) in [5, 5.41) is 47.7. The number of H-pyrrole nitrogens is 1. The van der Waals surface area contributed by atoms with Gasteiger partial charge in [-0.2, -0.15) is 9.97 Å². The molecule has 2 amide bonds. The van der Waals surface area contributed by atoms with Gasteiger partial charge in [0.25, 0.3) is 0 Å². The summed E-state index contributed by atoms with van der Waals surface area (Å²) in [6, 6.07) is 23.2. The van der Waals surface area contributed by atoms with Crippen LogP contribution in [0.3, 0.4) is 0 Å². The first-order valence-electron chi connectivity index (χ1n) is 18.8. The van der Waals surface area contributed by atoms with Gasteiger partial charge in [-0.15, -0.1) is 0 Å². The second-order valence-corrected chi connectivity index (χ2v) is 16.2. The van der Waals surface area contributed by atoms with E-state index in [1.807, 2.05) is 41.3 Å². The third kappa shape index (κ3) is 7.59. The number of anilines is 3. The van der Waals surface area contributed by atoms with Crippen LogP contribution < -0.4 is 31.7 Å². The number of primary sulfonamides is 1. The molecule has 2 aliphatic rings. The molecule has 1 aliphatic carbocycles. The smallest absolute Gasteiger partial charge is 0.328 e. The number of aryl methyl sites for hydroxylation is 1. The maximum Gasteiger partial charge on any atom is 0.328 e. The van der Waals surface area contributed by atoms with E-state index < -0.39 is 46.0 Å². The van der Waals surface area contributed by atoms with Crippen LogP contribution in [0.25, 0.3) is 11.2 Å². The molecule has 58 heavy (non-hydrogen) atoms. The van der Waals surface area contributed by atoms with Gasteiger partial charge in [0.15, 0.2) is 17.0 Å². The summed E-state index contributed by atoms with van der Waals surface area (Å²) in [5.41, 5.74) is 3.02. The molecular weight excluding hydrogens is 767 g/mol. The first kappa shape index (κ1) is 38.6. The average Bonchev–Trinajstić information content (AvgIpc) is 3.98. The molecule has 0 spiro atoms. The lowest BCUT2D eigenvalue weighted by Crippen LogP contribution is -2.40. The number of hydrogen-bond acceptors (Lipinski definition) is 12. The van der Waals surface area contributed by atoms with Crippen LogP contribution in [0.5, 0.6) is 5.88 Å². The zero-order valence-electron chi connectivity index (χ0n) is 31.3. The maximum atomic E-state index is 13.0. The highest BCUT2D eigenvalue weighted by Crippen LogP contribution is 2.41. The molecule has 18 nitrogen and oxygen atoms in total. The Morgan fingerprint density at radius 2 is 1.62 bits per heavy atom. The largest absolute Gasteiger partial charge is 0.493 e. The molecule has 0 unspecified atom stereocenters. The number of carbonyl (C=O) groups excluding carboxylic acids is 1. The zero-order chi connectivity index (χ0) is 40.7. The van der Waals surface area contributed by atoms with Crippen LogP contribution in [-0.2, 0) is 10.0 Å². The summed E-state index contributed by atoms with van der Waals surface area (Å²) in [6.45, 7) is 2.83. The van der Waals surface area contributed by atoms with Crippen LogP contribution in [0.2, 0.25) is 0 Å². The molecule has 3 aromatic carbocycles. The minimum absolute atomic E-state index is 0.0592. The van der Waals surface area contributed by atoms with Gasteiger partial charge in [0, 0.05) is 37.3 Å². The number of aliphatic hydroxyl groups excluding tert-OH is 2.